The van der Waals surface area contributed by atoms with E-state index in [1.807, 2.05) is 0 Å². The zero-order valence-electron chi connectivity index (χ0n) is 50.8. The van der Waals surface area contributed by atoms with Crippen molar-refractivity contribution in [2.45, 2.75) is 392 Å². The third-order valence-electron chi connectivity index (χ3n) is 16.0. The smallest absolute Gasteiger partial charge is 0.305 e. The average Bonchev–Trinajstić information content (AvgIpc) is 3.41. The minimum absolute atomic E-state index is 0.0126. The normalized spacial score (nSPS) is 12.6. The molecule has 0 aromatic rings. The molecule has 0 heterocycles. The van der Waals surface area contributed by atoms with Crippen molar-refractivity contribution in [2.75, 3.05) is 13.2 Å². The number of aliphatic hydroxyl groups is 2. The van der Waals surface area contributed by atoms with Crippen molar-refractivity contribution in [3.8, 4) is 0 Å². The fraction of sp³-hybridized carbons (Fsp3) is 0.913. The number of nitrogens with one attached hydrogen (secondary N) is 1. The van der Waals surface area contributed by atoms with Crippen LogP contribution in [0.5, 0.6) is 0 Å². The van der Waals surface area contributed by atoms with Gasteiger partial charge in [0.2, 0.25) is 5.91 Å². The van der Waals surface area contributed by atoms with Crippen LogP contribution in [0.3, 0.4) is 0 Å². The van der Waals surface area contributed by atoms with Gasteiger partial charge in [-0.2, -0.15) is 0 Å². The molecule has 0 radical (unpaired) electrons. The monoisotopic (exact) mass is 1060 g/mol. The van der Waals surface area contributed by atoms with Crippen LogP contribution in [0.15, 0.2) is 24.3 Å². The fourth-order valence-electron chi connectivity index (χ4n) is 10.8. The van der Waals surface area contributed by atoms with Crippen LogP contribution in [0.25, 0.3) is 0 Å². The summed E-state index contributed by atoms with van der Waals surface area (Å²) >= 11 is 0. The summed E-state index contributed by atoms with van der Waals surface area (Å²) in [7, 11) is 0. The third kappa shape index (κ3) is 61.4. The van der Waals surface area contributed by atoms with Crippen LogP contribution in [0, 0.1) is 0 Å². The van der Waals surface area contributed by atoms with Crippen molar-refractivity contribution in [1.82, 2.24) is 5.32 Å². The highest BCUT2D eigenvalue weighted by atomic mass is 16.5. The number of carbonyl (C=O) groups excluding carboxylic acids is 2. The second-order valence-electron chi connectivity index (χ2n) is 23.5. The molecule has 2 unspecified atom stereocenters. The minimum Gasteiger partial charge on any atom is -0.466 e. The number of rotatable bonds is 64. The van der Waals surface area contributed by atoms with E-state index >= 15 is 0 Å². The maximum absolute atomic E-state index is 12.5. The molecule has 444 valence electrons. The molecule has 6 nitrogen and oxygen atoms in total. The lowest BCUT2D eigenvalue weighted by atomic mass is 10.0. The highest BCUT2D eigenvalue weighted by Gasteiger charge is 2.20. The first kappa shape index (κ1) is 73.3. The maximum atomic E-state index is 12.5. The third-order valence-corrected chi connectivity index (χ3v) is 16.0. The van der Waals surface area contributed by atoms with Gasteiger partial charge in [0.1, 0.15) is 0 Å². The quantitative estimate of drug-likeness (QED) is 0.0320. The second kappa shape index (κ2) is 64.9. The highest BCUT2D eigenvalue weighted by molar-refractivity contribution is 5.76. The lowest BCUT2D eigenvalue weighted by Crippen LogP contribution is -2.45. The molecular weight excluding hydrogens is 923 g/mol. The lowest BCUT2D eigenvalue weighted by molar-refractivity contribution is -0.143. The molecule has 75 heavy (non-hydrogen) atoms. The van der Waals surface area contributed by atoms with E-state index in [4.69, 9.17) is 4.74 Å². The van der Waals surface area contributed by atoms with E-state index in [2.05, 4.69) is 43.5 Å². The summed E-state index contributed by atoms with van der Waals surface area (Å²) in [5, 5.41) is 23.4. The first-order chi connectivity index (χ1) is 37.0. The molecule has 3 N–H and O–H groups in total. The number of allylic oxidation sites excluding steroid dienone is 4. The molecule has 0 saturated carbocycles. The number of ether oxygens (including phenoxy) is 1. The Morgan fingerprint density at radius 2 is 0.667 bits per heavy atom. The molecule has 6 heteroatoms. The summed E-state index contributed by atoms with van der Waals surface area (Å²) in [5.74, 6) is -0.0251. The van der Waals surface area contributed by atoms with E-state index in [0.717, 1.165) is 44.9 Å². The van der Waals surface area contributed by atoms with E-state index in [-0.39, 0.29) is 18.5 Å². The minimum atomic E-state index is -0.669. The summed E-state index contributed by atoms with van der Waals surface area (Å²) in [6, 6.07) is -0.546. The number of hydrogen-bond donors (Lipinski definition) is 3. The molecule has 0 saturated heterocycles. The van der Waals surface area contributed by atoms with Gasteiger partial charge < -0.3 is 20.3 Å². The van der Waals surface area contributed by atoms with Gasteiger partial charge in [-0.15, -0.1) is 0 Å². The van der Waals surface area contributed by atoms with Crippen LogP contribution in [-0.4, -0.2) is 47.4 Å². The fourth-order valence-corrected chi connectivity index (χ4v) is 10.8. The van der Waals surface area contributed by atoms with E-state index < -0.39 is 12.1 Å². The summed E-state index contributed by atoms with van der Waals surface area (Å²) in [4.78, 5) is 24.6. The number of esters is 1. The number of unbranched alkanes of at least 4 members (excludes halogenated alkanes) is 49. The van der Waals surface area contributed by atoms with Gasteiger partial charge in [-0.1, -0.05) is 334 Å². The Morgan fingerprint density at radius 1 is 0.373 bits per heavy atom. The molecule has 0 aliphatic rings. The Labute approximate surface area is 469 Å². The summed E-state index contributed by atoms with van der Waals surface area (Å²) in [6.07, 6.45) is 80.6. The van der Waals surface area contributed by atoms with Crippen LogP contribution in [0.1, 0.15) is 380 Å². The summed E-state index contributed by atoms with van der Waals surface area (Å²) < 4.78 is 5.49. The van der Waals surface area contributed by atoms with Gasteiger partial charge in [0.05, 0.1) is 25.4 Å². The van der Waals surface area contributed by atoms with Crippen molar-refractivity contribution < 1.29 is 24.5 Å². The van der Waals surface area contributed by atoms with E-state index in [9.17, 15) is 19.8 Å². The maximum Gasteiger partial charge on any atom is 0.305 e. The molecule has 0 aromatic heterocycles. The van der Waals surface area contributed by atoms with Crippen molar-refractivity contribution in [3.63, 3.8) is 0 Å². The van der Waals surface area contributed by atoms with Gasteiger partial charge >= 0.3 is 5.97 Å². The standard InChI is InChI=1S/C69H133NO5/c1-3-5-7-9-11-13-15-17-19-20-30-34-37-41-45-49-53-57-61-67(72)66(65-71)70-68(73)62-58-54-50-46-42-38-35-31-28-26-24-22-21-23-25-27-29-32-36-40-44-48-52-56-60-64-75-69(74)63-59-55-51-47-43-39-33-18-16-14-12-10-8-6-4-2/h22-25,66-67,71-72H,3-21,26-65H2,1-2H3,(H,70,73)/b24-22-,25-23-. The molecule has 0 rings (SSSR count). The van der Waals surface area contributed by atoms with E-state index in [1.54, 1.807) is 0 Å². The molecule has 0 bridgehead atoms. The zero-order valence-corrected chi connectivity index (χ0v) is 50.8. The van der Waals surface area contributed by atoms with Crippen LogP contribution in [0.4, 0.5) is 0 Å². The number of hydrogen-bond acceptors (Lipinski definition) is 5. The Bertz CT molecular complexity index is 1170. The molecular formula is C69H133NO5. The van der Waals surface area contributed by atoms with Gasteiger partial charge in [-0.25, -0.2) is 0 Å². The van der Waals surface area contributed by atoms with Crippen molar-refractivity contribution >= 4 is 11.9 Å². The summed E-state index contributed by atoms with van der Waals surface area (Å²) in [5.41, 5.74) is 0. The Balaban J connectivity index is 3.42. The lowest BCUT2D eigenvalue weighted by Gasteiger charge is -2.22. The average molecular weight is 1060 g/mol. The molecule has 0 fully saturated rings. The van der Waals surface area contributed by atoms with Gasteiger partial charge in [0, 0.05) is 12.8 Å². The van der Waals surface area contributed by atoms with Gasteiger partial charge in [0.25, 0.3) is 0 Å². The Kier molecular flexibility index (Phi) is 63.4. The number of aliphatic hydroxyl groups excluding tert-OH is 2. The van der Waals surface area contributed by atoms with Crippen LogP contribution < -0.4 is 5.32 Å². The molecule has 2 atom stereocenters. The Morgan fingerprint density at radius 3 is 1.01 bits per heavy atom. The molecule has 0 spiro atoms. The van der Waals surface area contributed by atoms with Crippen molar-refractivity contribution in [2.24, 2.45) is 0 Å². The Hall–Kier alpha value is -1.66. The SMILES string of the molecule is CCCCCCCCCCCCCCCCCCCCC(O)C(CO)NC(=O)CCCCCCCCCCC/C=C\C/C=C\CCCCCCCCCCCOC(=O)CCCCCCCCCCCCCCCCC. The first-order valence-electron chi connectivity index (χ1n) is 34.1. The first-order valence-corrected chi connectivity index (χ1v) is 34.1. The summed E-state index contributed by atoms with van der Waals surface area (Å²) in [6.45, 7) is 4.98. The predicted octanol–water partition coefficient (Wildman–Crippen LogP) is 21.8. The molecule has 0 aliphatic carbocycles. The molecule has 0 aliphatic heterocycles. The van der Waals surface area contributed by atoms with E-state index in [0.29, 0.717) is 25.9 Å². The van der Waals surface area contributed by atoms with Crippen LogP contribution in [-0.2, 0) is 14.3 Å². The zero-order chi connectivity index (χ0) is 54.3. The van der Waals surface area contributed by atoms with Crippen LogP contribution >= 0.6 is 0 Å². The van der Waals surface area contributed by atoms with E-state index in [1.165, 1.54) is 302 Å². The van der Waals surface area contributed by atoms with Crippen LogP contribution in [0.2, 0.25) is 0 Å². The molecule has 0 aromatic carbocycles. The highest BCUT2D eigenvalue weighted by Crippen LogP contribution is 2.18. The van der Waals surface area contributed by atoms with Crippen molar-refractivity contribution in [3.05, 3.63) is 24.3 Å². The topological polar surface area (TPSA) is 95.9 Å². The van der Waals surface area contributed by atoms with Gasteiger partial charge in [-0.05, 0) is 57.8 Å². The van der Waals surface area contributed by atoms with Crippen molar-refractivity contribution in [1.29, 1.82) is 0 Å². The number of amides is 1. The predicted molar refractivity (Wildman–Crippen MR) is 329 cm³/mol. The second-order valence-corrected chi connectivity index (χ2v) is 23.5. The number of carbonyl (C=O) groups is 2. The van der Waals surface area contributed by atoms with Gasteiger partial charge in [-0.3, -0.25) is 9.59 Å². The largest absolute Gasteiger partial charge is 0.466 e. The molecule has 1 amide bonds. The van der Waals surface area contributed by atoms with Gasteiger partial charge in [0.15, 0.2) is 0 Å².